The summed E-state index contributed by atoms with van der Waals surface area (Å²) in [7, 11) is 0. The summed E-state index contributed by atoms with van der Waals surface area (Å²) in [5.74, 6) is 0.145. The van der Waals surface area contributed by atoms with Crippen molar-refractivity contribution in [2.24, 2.45) is 0 Å². The van der Waals surface area contributed by atoms with E-state index in [2.05, 4.69) is 35.8 Å². The number of nitrogens with one attached hydrogen (secondary N) is 3. The minimum Gasteiger partial charge on any atom is -0.367 e. The fourth-order valence-electron chi connectivity index (χ4n) is 9.02. The van der Waals surface area contributed by atoms with Gasteiger partial charge in [0.15, 0.2) is 10.9 Å². The quantitative estimate of drug-likeness (QED) is 0.0270. The molecule has 7 rings (SSSR count). The molecular formula is C48H59N11O7S. The minimum atomic E-state index is -0.535. The number of nitro groups is 1. The van der Waals surface area contributed by atoms with Gasteiger partial charge in [-0.15, -0.1) is 0 Å². The van der Waals surface area contributed by atoms with Crippen molar-refractivity contribution in [3.05, 3.63) is 91.6 Å². The number of Topliss-reactive ketones (excluding diaryl/α,β-unsaturated/α-hetero) is 1. The van der Waals surface area contributed by atoms with Crippen molar-refractivity contribution in [3.8, 4) is 0 Å². The Kier molecular flexibility index (Phi) is 16.4. The van der Waals surface area contributed by atoms with Gasteiger partial charge in [0.2, 0.25) is 17.8 Å². The van der Waals surface area contributed by atoms with E-state index < -0.39 is 10.8 Å². The number of aryl methyl sites for hydroxylation is 2. The number of carbonyl (C=O) groups is 4. The van der Waals surface area contributed by atoms with E-state index in [0.29, 0.717) is 60.0 Å². The second kappa shape index (κ2) is 22.7. The number of ketones is 1. The summed E-state index contributed by atoms with van der Waals surface area (Å²) in [5.41, 5.74) is 2.85. The number of hydrogen-bond donors (Lipinski definition) is 3. The molecule has 1 saturated carbocycles. The molecule has 2 aliphatic rings. The van der Waals surface area contributed by atoms with Crippen LogP contribution in [0.4, 0.5) is 33.3 Å². The van der Waals surface area contributed by atoms with Gasteiger partial charge < -0.3 is 20.4 Å². The molecule has 1 aliphatic carbocycles. The standard InChI is InChI=1S/C48H59N11O7S/c1-31-37-30-50-47(54-43(37)58(34-17-13-14-18-34)45(64)42(31)33(3)60)53-39-24-23-35(29-49-39)56-25-27-57(28-26-56)41(62)22-12-10-8-6-4-5-7-9-11-21-40(61)52-38-20-16-15-19-36(38)44(63)55-48-51-32(2)46(67-48)59(65)66/h15-16,19-20,23-24,29-30,34H,4-14,17-18,21-22,25-28H2,1-3H3,(H,52,61)(H,51,55,63)(H,49,50,53,54). The second-order valence-corrected chi connectivity index (χ2v) is 18.4. The fourth-order valence-corrected chi connectivity index (χ4v) is 9.80. The first-order valence-electron chi connectivity index (χ1n) is 23.4. The van der Waals surface area contributed by atoms with E-state index in [4.69, 9.17) is 4.98 Å². The van der Waals surface area contributed by atoms with Crippen LogP contribution in [0.5, 0.6) is 0 Å². The van der Waals surface area contributed by atoms with E-state index >= 15 is 0 Å². The van der Waals surface area contributed by atoms with Crippen molar-refractivity contribution in [3.63, 3.8) is 0 Å². The summed E-state index contributed by atoms with van der Waals surface area (Å²) in [6.07, 6.45) is 17.2. The van der Waals surface area contributed by atoms with Crippen molar-refractivity contribution in [1.82, 2.24) is 29.4 Å². The molecule has 0 radical (unpaired) electrons. The van der Waals surface area contributed by atoms with Gasteiger partial charge in [-0.3, -0.25) is 44.0 Å². The second-order valence-electron chi connectivity index (χ2n) is 17.4. The molecule has 1 aromatic carbocycles. The molecule has 0 bridgehead atoms. The SMILES string of the molecule is CC(=O)c1c(C)c2cnc(Nc3ccc(N4CCN(C(=O)CCCCCCCCCCCC(=O)Nc5ccccc5C(=O)Nc5nc(C)c([N+](=O)[O-])s5)CC4)cn3)nc2n(C2CCCC2)c1=O. The van der Waals surface area contributed by atoms with Gasteiger partial charge in [0.1, 0.15) is 17.2 Å². The van der Waals surface area contributed by atoms with Crippen LogP contribution in [-0.4, -0.2) is 84.0 Å². The zero-order valence-electron chi connectivity index (χ0n) is 38.5. The molecule has 5 heterocycles. The summed E-state index contributed by atoms with van der Waals surface area (Å²) < 4.78 is 1.70. The molecule has 18 nitrogen and oxygen atoms in total. The molecule has 0 spiro atoms. The lowest BCUT2D eigenvalue weighted by molar-refractivity contribution is -0.380. The third-order valence-electron chi connectivity index (χ3n) is 12.6. The van der Waals surface area contributed by atoms with Crippen molar-refractivity contribution in [2.45, 2.75) is 123 Å². The van der Waals surface area contributed by atoms with Crippen molar-refractivity contribution >= 4 is 79.1 Å². The smallest absolute Gasteiger partial charge is 0.348 e. The molecule has 354 valence electrons. The first-order valence-corrected chi connectivity index (χ1v) is 24.2. The highest BCUT2D eigenvalue weighted by atomic mass is 32.1. The molecule has 4 aromatic heterocycles. The number of benzene rings is 1. The number of hydrogen-bond acceptors (Lipinski definition) is 14. The number of amides is 3. The van der Waals surface area contributed by atoms with Crippen molar-refractivity contribution in [1.29, 1.82) is 0 Å². The molecule has 5 aromatic rings. The summed E-state index contributed by atoms with van der Waals surface area (Å²) in [5, 5.41) is 20.4. The number of pyridine rings is 2. The highest BCUT2D eigenvalue weighted by Crippen LogP contribution is 2.33. The summed E-state index contributed by atoms with van der Waals surface area (Å²) in [4.78, 5) is 97.4. The highest BCUT2D eigenvalue weighted by Gasteiger charge is 2.27. The lowest BCUT2D eigenvalue weighted by Gasteiger charge is -2.36. The Bertz CT molecular complexity index is 2650. The highest BCUT2D eigenvalue weighted by molar-refractivity contribution is 7.19. The van der Waals surface area contributed by atoms with Crippen molar-refractivity contribution < 1.29 is 24.1 Å². The molecule has 67 heavy (non-hydrogen) atoms. The van der Waals surface area contributed by atoms with Crippen LogP contribution in [0, 0.1) is 24.0 Å². The van der Waals surface area contributed by atoms with Crippen molar-refractivity contribution in [2.75, 3.05) is 47.0 Å². The topological polar surface area (TPSA) is 228 Å². The van der Waals surface area contributed by atoms with Gasteiger partial charge in [0.05, 0.1) is 33.6 Å². The van der Waals surface area contributed by atoms with Gasteiger partial charge in [-0.25, -0.2) is 15.0 Å². The summed E-state index contributed by atoms with van der Waals surface area (Å²) in [6, 6.07) is 10.5. The van der Waals surface area contributed by atoms with Crippen LogP contribution in [0.25, 0.3) is 11.0 Å². The molecule has 3 N–H and O–H groups in total. The molecule has 19 heteroatoms. The summed E-state index contributed by atoms with van der Waals surface area (Å²) >= 11 is 0.785. The van der Waals surface area contributed by atoms with Gasteiger partial charge in [-0.1, -0.05) is 69.9 Å². The zero-order valence-corrected chi connectivity index (χ0v) is 39.3. The predicted molar refractivity (Wildman–Crippen MR) is 260 cm³/mol. The number of para-hydroxylation sites is 1. The number of unbranched alkanes of at least 4 members (excludes halogenated alkanes) is 8. The van der Waals surface area contributed by atoms with Gasteiger partial charge in [0, 0.05) is 56.6 Å². The third kappa shape index (κ3) is 12.2. The molecule has 1 aliphatic heterocycles. The number of thiazole rings is 1. The molecule has 0 atom stereocenters. The maximum Gasteiger partial charge on any atom is 0.348 e. The van der Waals surface area contributed by atoms with Crippen LogP contribution in [-0.2, 0) is 9.59 Å². The maximum atomic E-state index is 13.6. The molecule has 0 unspecified atom stereocenters. The van der Waals surface area contributed by atoms with Crippen LogP contribution >= 0.6 is 11.3 Å². The Hall–Kier alpha value is -6.63. The van der Waals surface area contributed by atoms with E-state index in [1.165, 1.54) is 13.8 Å². The number of aromatic nitrogens is 5. The van der Waals surface area contributed by atoms with Crippen LogP contribution in [0.2, 0.25) is 0 Å². The van der Waals surface area contributed by atoms with Gasteiger partial charge in [-0.05, 0) is 87.6 Å². The van der Waals surface area contributed by atoms with Crippen LogP contribution in [0.15, 0.2) is 53.6 Å². The first kappa shape index (κ1) is 48.3. The third-order valence-corrected chi connectivity index (χ3v) is 13.7. The molecule has 2 fully saturated rings. The summed E-state index contributed by atoms with van der Waals surface area (Å²) in [6.45, 7) is 7.48. The minimum absolute atomic E-state index is 0.00369. The lowest BCUT2D eigenvalue weighted by atomic mass is 10.0. The van der Waals surface area contributed by atoms with E-state index in [-0.39, 0.29) is 56.2 Å². The number of piperazine rings is 1. The average molecular weight is 934 g/mol. The molecule has 3 amide bonds. The molecule has 1 saturated heterocycles. The first-order chi connectivity index (χ1) is 32.4. The Morgan fingerprint density at radius 3 is 2.13 bits per heavy atom. The Balaban J connectivity index is 0.748. The number of anilines is 5. The monoisotopic (exact) mass is 933 g/mol. The lowest BCUT2D eigenvalue weighted by Crippen LogP contribution is -2.48. The Morgan fingerprint density at radius 1 is 0.821 bits per heavy atom. The van der Waals surface area contributed by atoms with E-state index in [0.717, 1.165) is 114 Å². The normalized spacial score (nSPS) is 14.1. The van der Waals surface area contributed by atoms with E-state index in [1.54, 1.807) is 48.1 Å². The van der Waals surface area contributed by atoms with Gasteiger partial charge in [-0.2, -0.15) is 4.98 Å². The largest absolute Gasteiger partial charge is 0.367 e. The van der Waals surface area contributed by atoms with Crippen LogP contribution < -0.4 is 26.4 Å². The number of carbonyl (C=O) groups excluding carboxylic acids is 4. The Morgan fingerprint density at radius 2 is 1.49 bits per heavy atom. The van der Waals surface area contributed by atoms with E-state index in [9.17, 15) is 34.1 Å². The van der Waals surface area contributed by atoms with Gasteiger partial charge in [0.25, 0.3) is 11.5 Å². The number of fused-ring (bicyclic) bond motifs is 1. The fraction of sp³-hybridized carbons (Fsp3) is 0.479. The van der Waals surface area contributed by atoms with Crippen LogP contribution in [0.3, 0.4) is 0 Å². The van der Waals surface area contributed by atoms with Crippen LogP contribution in [0.1, 0.15) is 141 Å². The zero-order chi connectivity index (χ0) is 47.5. The predicted octanol–water partition coefficient (Wildman–Crippen LogP) is 9.06. The van der Waals surface area contributed by atoms with E-state index in [1.807, 2.05) is 17.0 Å². The van der Waals surface area contributed by atoms with Gasteiger partial charge >= 0.3 is 5.00 Å². The Labute approximate surface area is 393 Å². The number of rotatable bonds is 21. The molecular weight excluding hydrogens is 875 g/mol. The average Bonchev–Trinajstić information content (AvgIpc) is 3.98. The maximum absolute atomic E-state index is 13.6. The number of nitrogens with zero attached hydrogens (tertiary/aromatic N) is 8.